The van der Waals surface area contributed by atoms with E-state index in [9.17, 15) is 4.39 Å². The Kier molecular flexibility index (Phi) is 5.81. The van der Waals surface area contributed by atoms with E-state index in [0.29, 0.717) is 23.2 Å². The minimum atomic E-state index is -0.300. The standard InChI is InChI=1S/C21H22FN5O2/c22-16-7-5-15(6-8-16)18-19(27-12-14-29-21(27)26-18)17-9-11-24-20(25-17)23-10-3-1-2-4-13-28/h5-9,11-12,14,28H,1-4,10,13H2,(H,23,24,25). The average Bonchev–Trinajstić information content (AvgIpc) is 3.33. The van der Waals surface area contributed by atoms with E-state index in [1.807, 2.05) is 10.5 Å². The molecule has 4 rings (SSSR count). The van der Waals surface area contributed by atoms with E-state index in [4.69, 9.17) is 9.52 Å². The van der Waals surface area contributed by atoms with Crippen LogP contribution < -0.4 is 5.32 Å². The number of imidazole rings is 1. The molecule has 150 valence electrons. The minimum Gasteiger partial charge on any atom is -0.432 e. The van der Waals surface area contributed by atoms with Gasteiger partial charge in [0.1, 0.15) is 23.5 Å². The van der Waals surface area contributed by atoms with Gasteiger partial charge in [-0.1, -0.05) is 12.8 Å². The molecule has 0 aliphatic heterocycles. The van der Waals surface area contributed by atoms with Crippen LogP contribution in [0.3, 0.4) is 0 Å². The van der Waals surface area contributed by atoms with E-state index in [-0.39, 0.29) is 12.4 Å². The lowest BCUT2D eigenvalue weighted by atomic mass is 10.1. The Balaban J connectivity index is 1.60. The third-order valence-electron chi connectivity index (χ3n) is 4.65. The second-order valence-electron chi connectivity index (χ2n) is 6.70. The van der Waals surface area contributed by atoms with Gasteiger partial charge in [0.05, 0.1) is 5.69 Å². The molecule has 0 saturated carbocycles. The summed E-state index contributed by atoms with van der Waals surface area (Å²) in [5.41, 5.74) is 2.89. The van der Waals surface area contributed by atoms with Crippen molar-refractivity contribution in [1.29, 1.82) is 0 Å². The maximum Gasteiger partial charge on any atom is 0.306 e. The number of hydrogen-bond acceptors (Lipinski definition) is 6. The predicted octanol–water partition coefficient (Wildman–Crippen LogP) is 4.16. The van der Waals surface area contributed by atoms with Crippen LogP contribution in [0.2, 0.25) is 0 Å². The second kappa shape index (κ2) is 8.83. The highest BCUT2D eigenvalue weighted by atomic mass is 19.1. The minimum absolute atomic E-state index is 0.239. The van der Waals surface area contributed by atoms with E-state index in [1.165, 1.54) is 12.1 Å². The molecule has 0 atom stereocenters. The molecule has 0 fully saturated rings. The molecule has 0 saturated heterocycles. The highest BCUT2D eigenvalue weighted by Gasteiger charge is 2.19. The van der Waals surface area contributed by atoms with Crippen LogP contribution in [-0.4, -0.2) is 37.6 Å². The lowest BCUT2D eigenvalue weighted by molar-refractivity contribution is 0.283. The Morgan fingerprint density at radius 2 is 1.86 bits per heavy atom. The Morgan fingerprint density at radius 1 is 1.03 bits per heavy atom. The number of rotatable bonds is 9. The summed E-state index contributed by atoms with van der Waals surface area (Å²) in [6.07, 6.45) is 8.90. The normalized spacial score (nSPS) is 11.2. The van der Waals surface area contributed by atoms with Crippen LogP contribution in [0.4, 0.5) is 10.3 Å². The lowest BCUT2D eigenvalue weighted by Gasteiger charge is -2.08. The summed E-state index contributed by atoms with van der Waals surface area (Å²) < 4.78 is 20.6. The van der Waals surface area contributed by atoms with Gasteiger partial charge in [-0.15, -0.1) is 0 Å². The van der Waals surface area contributed by atoms with Gasteiger partial charge in [-0.25, -0.2) is 14.4 Å². The van der Waals surface area contributed by atoms with Crippen LogP contribution in [0.15, 0.2) is 53.4 Å². The smallest absolute Gasteiger partial charge is 0.306 e. The van der Waals surface area contributed by atoms with Gasteiger partial charge in [0.2, 0.25) is 5.95 Å². The number of fused-ring (bicyclic) bond motifs is 1. The van der Waals surface area contributed by atoms with Crippen LogP contribution in [0.1, 0.15) is 25.7 Å². The molecule has 8 heteroatoms. The van der Waals surface area contributed by atoms with Gasteiger partial charge in [0.25, 0.3) is 0 Å². The molecule has 0 spiro atoms. The van der Waals surface area contributed by atoms with Crippen molar-refractivity contribution in [2.45, 2.75) is 25.7 Å². The molecule has 0 aliphatic carbocycles. The number of aromatic nitrogens is 4. The van der Waals surface area contributed by atoms with Gasteiger partial charge < -0.3 is 14.8 Å². The molecular weight excluding hydrogens is 373 g/mol. The molecule has 4 aromatic rings. The zero-order valence-electron chi connectivity index (χ0n) is 15.9. The second-order valence-corrected chi connectivity index (χ2v) is 6.70. The highest BCUT2D eigenvalue weighted by Crippen LogP contribution is 2.32. The summed E-state index contributed by atoms with van der Waals surface area (Å²) in [5.74, 6) is 0.676. The van der Waals surface area contributed by atoms with Gasteiger partial charge >= 0.3 is 5.84 Å². The molecule has 0 unspecified atom stereocenters. The van der Waals surface area contributed by atoms with Crippen molar-refractivity contribution >= 4 is 11.8 Å². The summed E-state index contributed by atoms with van der Waals surface area (Å²) >= 11 is 0. The fourth-order valence-electron chi connectivity index (χ4n) is 3.21. The monoisotopic (exact) mass is 395 g/mol. The van der Waals surface area contributed by atoms with Crippen LogP contribution in [-0.2, 0) is 0 Å². The molecule has 29 heavy (non-hydrogen) atoms. The van der Waals surface area contributed by atoms with Gasteiger partial charge in [0, 0.05) is 31.1 Å². The van der Waals surface area contributed by atoms with Crippen LogP contribution in [0.25, 0.3) is 28.5 Å². The number of oxazole rings is 1. The molecule has 3 heterocycles. The quantitative estimate of drug-likeness (QED) is 0.414. The number of unbranched alkanes of at least 4 members (excludes halogenated alkanes) is 3. The van der Waals surface area contributed by atoms with Gasteiger partial charge in [-0.3, -0.25) is 4.40 Å². The number of anilines is 1. The molecule has 1 aromatic carbocycles. The van der Waals surface area contributed by atoms with Crippen molar-refractivity contribution in [2.24, 2.45) is 0 Å². The van der Waals surface area contributed by atoms with E-state index in [1.54, 1.807) is 30.8 Å². The Labute approximate surface area is 167 Å². The van der Waals surface area contributed by atoms with Crippen molar-refractivity contribution in [3.05, 3.63) is 54.8 Å². The first kappa shape index (κ1) is 19.1. The number of benzene rings is 1. The van der Waals surface area contributed by atoms with Crippen molar-refractivity contribution < 1.29 is 13.9 Å². The maximum atomic E-state index is 13.4. The van der Waals surface area contributed by atoms with Crippen LogP contribution >= 0.6 is 0 Å². The molecule has 7 nitrogen and oxygen atoms in total. The van der Waals surface area contributed by atoms with E-state index in [0.717, 1.165) is 43.5 Å². The zero-order chi connectivity index (χ0) is 20.1. The summed E-state index contributed by atoms with van der Waals surface area (Å²) in [6.45, 7) is 0.996. The van der Waals surface area contributed by atoms with E-state index < -0.39 is 0 Å². The third-order valence-corrected chi connectivity index (χ3v) is 4.65. The SMILES string of the molecule is OCCCCCCNc1nccc(-c2c(-c3ccc(F)cc3)nc3occn23)n1. The molecular formula is C21H22FN5O2. The van der Waals surface area contributed by atoms with Crippen molar-refractivity contribution in [2.75, 3.05) is 18.5 Å². The fourth-order valence-corrected chi connectivity index (χ4v) is 3.21. The number of halogens is 1. The number of nitrogens with one attached hydrogen (secondary N) is 1. The topological polar surface area (TPSA) is 88.5 Å². The molecule has 0 radical (unpaired) electrons. The first-order valence-electron chi connectivity index (χ1n) is 9.66. The molecule has 3 aromatic heterocycles. The zero-order valence-corrected chi connectivity index (χ0v) is 15.9. The third kappa shape index (κ3) is 4.27. The van der Waals surface area contributed by atoms with Gasteiger partial charge in [-0.05, 0) is 43.2 Å². The molecule has 0 bridgehead atoms. The summed E-state index contributed by atoms with van der Waals surface area (Å²) in [5, 5.41) is 12.1. The fraction of sp³-hybridized carbons (Fsp3) is 0.286. The Hall–Kier alpha value is -3.26. The van der Waals surface area contributed by atoms with Crippen LogP contribution in [0, 0.1) is 5.82 Å². The highest BCUT2D eigenvalue weighted by molar-refractivity contribution is 5.79. The Morgan fingerprint density at radius 3 is 2.69 bits per heavy atom. The molecule has 0 aliphatic rings. The number of nitrogens with zero attached hydrogens (tertiary/aromatic N) is 4. The maximum absolute atomic E-state index is 13.4. The summed E-state index contributed by atoms with van der Waals surface area (Å²) in [6, 6.07) is 8.00. The number of hydrogen-bond donors (Lipinski definition) is 2. The largest absolute Gasteiger partial charge is 0.432 e. The van der Waals surface area contributed by atoms with Gasteiger partial charge in [0.15, 0.2) is 0 Å². The van der Waals surface area contributed by atoms with E-state index >= 15 is 0 Å². The Bertz CT molecular complexity index is 1070. The predicted molar refractivity (Wildman–Crippen MR) is 108 cm³/mol. The average molecular weight is 395 g/mol. The number of aliphatic hydroxyl groups is 1. The summed E-state index contributed by atoms with van der Waals surface area (Å²) in [7, 11) is 0. The van der Waals surface area contributed by atoms with Crippen molar-refractivity contribution in [3.63, 3.8) is 0 Å². The van der Waals surface area contributed by atoms with Crippen molar-refractivity contribution in [1.82, 2.24) is 19.4 Å². The first-order valence-corrected chi connectivity index (χ1v) is 9.66. The lowest BCUT2D eigenvalue weighted by Crippen LogP contribution is -2.06. The molecule has 0 amide bonds. The van der Waals surface area contributed by atoms with Gasteiger partial charge in [-0.2, -0.15) is 4.98 Å². The summed E-state index contributed by atoms with van der Waals surface area (Å²) in [4.78, 5) is 13.5. The van der Waals surface area contributed by atoms with Crippen molar-refractivity contribution in [3.8, 4) is 22.6 Å². The molecule has 2 N–H and O–H groups in total. The van der Waals surface area contributed by atoms with Crippen LogP contribution in [0.5, 0.6) is 0 Å². The van der Waals surface area contributed by atoms with E-state index in [2.05, 4.69) is 20.3 Å². The first-order chi connectivity index (χ1) is 14.3. The number of aliphatic hydroxyl groups excluding tert-OH is 1.